The standard InChI is InChI=1S/C20H31N7O/c1-17-2-6-25(7-3-17)19-20(22-5-4-21-19)26-10-8-24(9-11-26)15-18-14-23-27(16-18)12-13-28/h4-5,14,16-17,28H,2-3,6-13,15H2,1H3. The molecule has 0 radical (unpaired) electrons. The second-order valence-corrected chi connectivity index (χ2v) is 7.97. The first-order valence-electron chi connectivity index (χ1n) is 10.4. The van der Waals surface area contributed by atoms with Crippen LogP contribution in [0.2, 0.25) is 0 Å². The van der Waals surface area contributed by atoms with Crippen molar-refractivity contribution in [2.24, 2.45) is 5.92 Å². The van der Waals surface area contributed by atoms with Gasteiger partial charge in [0.25, 0.3) is 0 Å². The summed E-state index contributed by atoms with van der Waals surface area (Å²) in [5.74, 6) is 2.89. The molecule has 2 aliphatic heterocycles. The first-order chi connectivity index (χ1) is 13.7. The summed E-state index contributed by atoms with van der Waals surface area (Å²) in [5, 5.41) is 13.3. The van der Waals surface area contributed by atoms with Gasteiger partial charge in [-0.2, -0.15) is 5.10 Å². The monoisotopic (exact) mass is 385 g/mol. The van der Waals surface area contributed by atoms with Crippen molar-refractivity contribution in [1.29, 1.82) is 0 Å². The zero-order chi connectivity index (χ0) is 19.3. The van der Waals surface area contributed by atoms with Crippen LogP contribution in [0.5, 0.6) is 0 Å². The number of aliphatic hydroxyl groups is 1. The molecule has 2 fully saturated rings. The van der Waals surface area contributed by atoms with Crippen LogP contribution in [0.25, 0.3) is 0 Å². The summed E-state index contributed by atoms with van der Waals surface area (Å²) in [6.07, 6.45) is 10.0. The van der Waals surface area contributed by atoms with Gasteiger partial charge in [-0.05, 0) is 18.8 Å². The van der Waals surface area contributed by atoms with Crippen molar-refractivity contribution in [3.63, 3.8) is 0 Å². The fourth-order valence-electron chi connectivity index (χ4n) is 4.08. The number of hydrogen-bond acceptors (Lipinski definition) is 7. The number of aromatic nitrogens is 4. The molecular weight excluding hydrogens is 354 g/mol. The third kappa shape index (κ3) is 4.44. The summed E-state index contributed by atoms with van der Waals surface area (Å²) >= 11 is 0. The predicted molar refractivity (Wildman–Crippen MR) is 109 cm³/mol. The van der Waals surface area contributed by atoms with Gasteiger partial charge in [0.2, 0.25) is 0 Å². The minimum Gasteiger partial charge on any atom is -0.394 e. The van der Waals surface area contributed by atoms with E-state index in [1.807, 2.05) is 24.8 Å². The number of hydrogen-bond donors (Lipinski definition) is 1. The molecule has 28 heavy (non-hydrogen) atoms. The lowest BCUT2D eigenvalue weighted by molar-refractivity contribution is 0.248. The number of piperidine rings is 1. The summed E-state index contributed by atoms with van der Waals surface area (Å²) in [5.41, 5.74) is 1.20. The molecule has 8 nitrogen and oxygen atoms in total. The molecule has 2 aliphatic rings. The second kappa shape index (κ2) is 8.87. The van der Waals surface area contributed by atoms with Crippen molar-refractivity contribution in [3.05, 3.63) is 30.4 Å². The molecule has 0 aromatic carbocycles. The molecule has 0 unspecified atom stereocenters. The maximum Gasteiger partial charge on any atom is 0.172 e. The Balaban J connectivity index is 1.36. The van der Waals surface area contributed by atoms with Crippen LogP contribution in [-0.4, -0.2) is 75.6 Å². The summed E-state index contributed by atoms with van der Waals surface area (Å²) in [6.45, 7) is 9.97. The quantitative estimate of drug-likeness (QED) is 0.801. The zero-order valence-electron chi connectivity index (χ0n) is 16.7. The summed E-state index contributed by atoms with van der Waals surface area (Å²) < 4.78 is 1.80. The number of anilines is 2. The van der Waals surface area contributed by atoms with Crippen LogP contribution >= 0.6 is 0 Å². The molecule has 8 heteroatoms. The first-order valence-corrected chi connectivity index (χ1v) is 10.4. The molecule has 152 valence electrons. The fraction of sp³-hybridized carbons (Fsp3) is 0.650. The Morgan fingerprint density at radius 3 is 2.25 bits per heavy atom. The van der Waals surface area contributed by atoms with Gasteiger partial charge in [-0.15, -0.1) is 0 Å². The van der Waals surface area contributed by atoms with Gasteiger partial charge in [-0.3, -0.25) is 9.58 Å². The van der Waals surface area contributed by atoms with E-state index in [-0.39, 0.29) is 6.61 Å². The van der Waals surface area contributed by atoms with Crippen LogP contribution in [0.4, 0.5) is 11.6 Å². The van der Waals surface area contributed by atoms with Crippen molar-refractivity contribution in [3.8, 4) is 0 Å². The van der Waals surface area contributed by atoms with Crippen molar-refractivity contribution < 1.29 is 5.11 Å². The molecule has 0 aliphatic carbocycles. The van der Waals surface area contributed by atoms with Crippen molar-refractivity contribution in [2.75, 3.05) is 55.7 Å². The topological polar surface area (TPSA) is 73.6 Å². The second-order valence-electron chi connectivity index (χ2n) is 7.97. The lowest BCUT2D eigenvalue weighted by Gasteiger charge is -2.38. The highest BCUT2D eigenvalue weighted by Gasteiger charge is 2.25. The van der Waals surface area contributed by atoms with E-state index in [9.17, 15) is 0 Å². The van der Waals surface area contributed by atoms with E-state index in [2.05, 4.69) is 31.7 Å². The summed E-state index contributed by atoms with van der Waals surface area (Å²) in [7, 11) is 0. The Bertz CT molecular complexity index is 749. The Morgan fingerprint density at radius 2 is 1.61 bits per heavy atom. The lowest BCUT2D eigenvalue weighted by Crippen LogP contribution is -2.47. The van der Waals surface area contributed by atoms with Gasteiger partial charge < -0.3 is 14.9 Å². The highest BCUT2D eigenvalue weighted by Crippen LogP contribution is 2.29. The van der Waals surface area contributed by atoms with E-state index < -0.39 is 0 Å². The number of piperazine rings is 1. The third-order valence-corrected chi connectivity index (χ3v) is 5.84. The largest absolute Gasteiger partial charge is 0.394 e. The van der Waals surface area contributed by atoms with Crippen molar-refractivity contribution in [2.45, 2.75) is 32.9 Å². The van der Waals surface area contributed by atoms with Gasteiger partial charge in [-0.1, -0.05) is 6.92 Å². The maximum atomic E-state index is 9.03. The van der Waals surface area contributed by atoms with Crippen LogP contribution in [0.15, 0.2) is 24.8 Å². The normalized spacial score (nSPS) is 19.4. The molecule has 2 aromatic heterocycles. The van der Waals surface area contributed by atoms with Gasteiger partial charge >= 0.3 is 0 Å². The highest BCUT2D eigenvalue weighted by molar-refractivity contribution is 5.62. The minimum atomic E-state index is 0.121. The van der Waals surface area contributed by atoms with E-state index in [0.717, 1.165) is 63.4 Å². The first kappa shape index (κ1) is 19.1. The Labute approximate surface area is 166 Å². The van der Waals surface area contributed by atoms with E-state index >= 15 is 0 Å². The van der Waals surface area contributed by atoms with E-state index in [0.29, 0.717) is 6.54 Å². The minimum absolute atomic E-state index is 0.121. The highest BCUT2D eigenvalue weighted by atomic mass is 16.3. The molecule has 0 spiro atoms. The van der Waals surface area contributed by atoms with Gasteiger partial charge in [0.05, 0.1) is 19.3 Å². The number of rotatable bonds is 6. The summed E-state index contributed by atoms with van der Waals surface area (Å²) in [6, 6.07) is 0. The van der Waals surface area contributed by atoms with E-state index in [1.54, 1.807) is 4.68 Å². The third-order valence-electron chi connectivity index (χ3n) is 5.84. The molecule has 4 heterocycles. The zero-order valence-corrected chi connectivity index (χ0v) is 16.7. The van der Waals surface area contributed by atoms with Crippen LogP contribution in [0.3, 0.4) is 0 Å². The van der Waals surface area contributed by atoms with Gasteiger partial charge in [-0.25, -0.2) is 9.97 Å². The Hall–Kier alpha value is -2.19. The average molecular weight is 386 g/mol. The smallest absolute Gasteiger partial charge is 0.172 e. The van der Waals surface area contributed by atoms with Crippen molar-refractivity contribution in [1.82, 2.24) is 24.6 Å². The molecule has 0 atom stereocenters. The van der Waals surface area contributed by atoms with Crippen LogP contribution in [-0.2, 0) is 13.1 Å². The molecular formula is C20H31N7O. The van der Waals surface area contributed by atoms with Crippen LogP contribution < -0.4 is 9.80 Å². The molecule has 2 saturated heterocycles. The maximum absolute atomic E-state index is 9.03. The lowest BCUT2D eigenvalue weighted by atomic mass is 9.99. The van der Waals surface area contributed by atoms with Gasteiger partial charge in [0.15, 0.2) is 11.6 Å². The number of nitrogens with zero attached hydrogens (tertiary/aromatic N) is 7. The number of aliphatic hydroxyl groups excluding tert-OH is 1. The van der Waals surface area contributed by atoms with Gasteiger partial charge in [0, 0.05) is 70.0 Å². The molecule has 0 bridgehead atoms. The molecule has 4 rings (SSSR count). The van der Waals surface area contributed by atoms with E-state index in [4.69, 9.17) is 10.1 Å². The molecule has 0 saturated carbocycles. The predicted octanol–water partition coefficient (Wildman–Crippen LogP) is 1.22. The Kier molecular flexibility index (Phi) is 6.07. The molecule has 2 aromatic rings. The average Bonchev–Trinajstić information content (AvgIpc) is 3.16. The van der Waals surface area contributed by atoms with Crippen LogP contribution in [0.1, 0.15) is 25.3 Å². The fourth-order valence-corrected chi connectivity index (χ4v) is 4.08. The van der Waals surface area contributed by atoms with Gasteiger partial charge in [0.1, 0.15) is 0 Å². The van der Waals surface area contributed by atoms with E-state index in [1.165, 1.54) is 18.4 Å². The van der Waals surface area contributed by atoms with Crippen LogP contribution in [0, 0.1) is 5.92 Å². The van der Waals surface area contributed by atoms with Crippen molar-refractivity contribution >= 4 is 11.6 Å². The Morgan fingerprint density at radius 1 is 0.964 bits per heavy atom. The molecule has 1 N–H and O–H groups in total. The summed E-state index contributed by atoms with van der Waals surface area (Å²) in [4.78, 5) is 16.6. The SMILES string of the molecule is CC1CCN(c2nccnc2N2CCN(Cc3cnn(CCO)c3)CC2)CC1. The molecule has 0 amide bonds.